The molecule has 0 spiro atoms. The molecular formula is C23H31Cl2N3. The Morgan fingerprint density at radius 3 is 2.39 bits per heavy atom. The van der Waals surface area contributed by atoms with E-state index in [0.29, 0.717) is 6.04 Å². The predicted octanol–water partition coefficient (Wildman–Crippen LogP) is 5.57. The lowest BCUT2D eigenvalue weighted by Crippen LogP contribution is -2.45. The largest absolute Gasteiger partial charge is 0.341 e. The van der Waals surface area contributed by atoms with Crippen LogP contribution >= 0.6 is 24.8 Å². The molecule has 1 aliphatic heterocycles. The van der Waals surface area contributed by atoms with Crippen molar-refractivity contribution < 1.29 is 0 Å². The van der Waals surface area contributed by atoms with E-state index in [-0.39, 0.29) is 24.8 Å². The maximum absolute atomic E-state index is 4.20. The number of hydrogen-bond donors (Lipinski definition) is 1. The van der Waals surface area contributed by atoms with Crippen molar-refractivity contribution in [2.24, 2.45) is 0 Å². The molecule has 1 atom stereocenters. The Balaban J connectivity index is 0.00000140. The molecule has 28 heavy (non-hydrogen) atoms. The first-order chi connectivity index (χ1) is 12.7. The third kappa shape index (κ3) is 4.23. The van der Waals surface area contributed by atoms with Gasteiger partial charge in [0.1, 0.15) is 0 Å². The Morgan fingerprint density at radius 1 is 1.04 bits per heavy atom. The summed E-state index contributed by atoms with van der Waals surface area (Å²) in [5.41, 5.74) is 5.35. The third-order valence-electron chi connectivity index (χ3n) is 5.63. The minimum atomic E-state index is 0. The second-order valence-corrected chi connectivity index (χ2v) is 7.50. The Labute approximate surface area is 180 Å². The zero-order valence-corrected chi connectivity index (χ0v) is 18.4. The van der Waals surface area contributed by atoms with Crippen LogP contribution in [0.2, 0.25) is 0 Å². The van der Waals surface area contributed by atoms with Crippen LogP contribution in [0.5, 0.6) is 0 Å². The summed E-state index contributed by atoms with van der Waals surface area (Å²) >= 11 is 0. The van der Waals surface area contributed by atoms with E-state index in [1.54, 1.807) is 0 Å². The first-order valence-electron chi connectivity index (χ1n) is 9.79. The molecule has 0 amide bonds. The summed E-state index contributed by atoms with van der Waals surface area (Å²) in [7, 11) is 0. The lowest BCUT2D eigenvalue weighted by Gasteiger charge is -2.35. The van der Waals surface area contributed by atoms with E-state index in [4.69, 9.17) is 0 Å². The van der Waals surface area contributed by atoms with Gasteiger partial charge >= 0.3 is 0 Å². The number of nitrogens with one attached hydrogen (secondary N) is 1. The van der Waals surface area contributed by atoms with E-state index in [0.717, 1.165) is 39.1 Å². The molecule has 0 aliphatic carbocycles. The fourth-order valence-corrected chi connectivity index (χ4v) is 4.40. The number of rotatable bonds is 5. The first-order valence-corrected chi connectivity index (χ1v) is 9.79. The number of halogens is 2. The van der Waals surface area contributed by atoms with Crippen LogP contribution in [0.1, 0.15) is 31.9 Å². The Morgan fingerprint density at radius 2 is 1.71 bits per heavy atom. The highest BCUT2D eigenvalue weighted by Crippen LogP contribution is 2.34. The molecule has 152 valence electrons. The number of para-hydroxylation sites is 1. The van der Waals surface area contributed by atoms with E-state index in [1.807, 2.05) is 0 Å². The maximum atomic E-state index is 4.20. The summed E-state index contributed by atoms with van der Waals surface area (Å²) in [6.07, 6.45) is 1.03. The van der Waals surface area contributed by atoms with Gasteiger partial charge in [0.15, 0.2) is 0 Å². The molecule has 3 nitrogen and oxygen atoms in total. The van der Waals surface area contributed by atoms with Crippen LogP contribution in [0, 0.1) is 0 Å². The fraction of sp³-hybridized carbons (Fsp3) is 0.391. The molecule has 1 N–H and O–H groups in total. The Bertz CT molecular complexity index is 942. The second kappa shape index (κ2) is 9.80. The van der Waals surface area contributed by atoms with Gasteiger partial charge in [-0.3, -0.25) is 4.90 Å². The lowest BCUT2D eigenvalue weighted by atomic mass is 9.96. The van der Waals surface area contributed by atoms with Crippen molar-refractivity contribution in [3.05, 3.63) is 60.2 Å². The van der Waals surface area contributed by atoms with Crippen molar-refractivity contribution >= 4 is 46.6 Å². The SMILES string of the molecule is C=C(C)C[C@@H](c1ccc2c(c1)c1ccccc1n2CC)N1CCNCC1.Cl.Cl. The molecule has 0 unspecified atom stereocenters. The van der Waals surface area contributed by atoms with Gasteiger partial charge in [-0.05, 0) is 44.0 Å². The number of benzene rings is 2. The summed E-state index contributed by atoms with van der Waals surface area (Å²) in [6, 6.07) is 16.3. The van der Waals surface area contributed by atoms with Gasteiger partial charge in [-0.2, -0.15) is 0 Å². The monoisotopic (exact) mass is 419 g/mol. The van der Waals surface area contributed by atoms with E-state index < -0.39 is 0 Å². The van der Waals surface area contributed by atoms with Crippen molar-refractivity contribution in [3.63, 3.8) is 0 Å². The molecule has 0 saturated carbocycles. The quantitative estimate of drug-likeness (QED) is 0.545. The average Bonchev–Trinajstić information content (AvgIpc) is 2.99. The normalized spacial score (nSPS) is 15.8. The van der Waals surface area contributed by atoms with Crippen molar-refractivity contribution in [2.45, 2.75) is 32.9 Å². The number of aryl methyl sites for hydroxylation is 1. The summed E-state index contributed by atoms with van der Waals surface area (Å²) in [5, 5.41) is 6.21. The second-order valence-electron chi connectivity index (χ2n) is 7.50. The van der Waals surface area contributed by atoms with E-state index in [1.165, 1.54) is 32.9 Å². The van der Waals surface area contributed by atoms with Crippen LogP contribution in [0.15, 0.2) is 54.6 Å². The minimum absolute atomic E-state index is 0. The molecule has 3 aromatic rings. The fourth-order valence-electron chi connectivity index (χ4n) is 4.40. The van der Waals surface area contributed by atoms with Crippen LogP contribution in [0.3, 0.4) is 0 Å². The molecule has 4 rings (SSSR count). The van der Waals surface area contributed by atoms with Crippen molar-refractivity contribution in [3.8, 4) is 0 Å². The molecule has 1 fully saturated rings. The highest BCUT2D eigenvalue weighted by atomic mass is 35.5. The number of hydrogen-bond acceptors (Lipinski definition) is 2. The van der Waals surface area contributed by atoms with Gasteiger partial charge in [0.2, 0.25) is 0 Å². The zero-order chi connectivity index (χ0) is 18.1. The molecule has 2 heterocycles. The van der Waals surface area contributed by atoms with Crippen molar-refractivity contribution in [1.82, 2.24) is 14.8 Å². The predicted molar refractivity (Wildman–Crippen MR) is 126 cm³/mol. The standard InChI is InChI=1S/C23H29N3.2ClH/c1-4-26-21-8-6-5-7-19(21)20-16-18(9-10-22(20)26)23(15-17(2)3)25-13-11-24-12-14-25;;/h5-10,16,23-24H,2,4,11-15H2,1,3H3;2*1H/t23-;;/m0../s1. The van der Waals surface area contributed by atoms with Crippen LogP contribution in [0.4, 0.5) is 0 Å². The van der Waals surface area contributed by atoms with Crippen LogP contribution in [0.25, 0.3) is 21.8 Å². The van der Waals surface area contributed by atoms with Gasteiger partial charge in [0.25, 0.3) is 0 Å². The Kier molecular flexibility index (Phi) is 7.97. The zero-order valence-electron chi connectivity index (χ0n) is 16.8. The highest BCUT2D eigenvalue weighted by Gasteiger charge is 2.23. The Hall–Kier alpha value is -1.52. The molecule has 1 aliphatic rings. The molecule has 1 saturated heterocycles. The number of fused-ring (bicyclic) bond motifs is 3. The molecule has 0 radical (unpaired) electrons. The molecular weight excluding hydrogens is 389 g/mol. The van der Waals surface area contributed by atoms with E-state index in [9.17, 15) is 0 Å². The molecule has 5 heteroatoms. The van der Waals surface area contributed by atoms with Crippen molar-refractivity contribution in [1.29, 1.82) is 0 Å². The van der Waals surface area contributed by atoms with Gasteiger partial charge in [-0.25, -0.2) is 0 Å². The minimum Gasteiger partial charge on any atom is -0.341 e. The number of nitrogens with zero attached hydrogens (tertiary/aromatic N) is 2. The lowest BCUT2D eigenvalue weighted by molar-refractivity contribution is 0.172. The average molecular weight is 420 g/mol. The van der Waals surface area contributed by atoms with Crippen LogP contribution in [-0.2, 0) is 6.54 Å². The van der Waals surface area contributed by atoms with E-state index in [2.05, 4.69) is 77.7 Å². The third-order valence-corrected chi connectivity index (χ3v) is 5.63. The first kappa shape index (κ1) is 22.8. The highest BCUT2D eigenvalue weighted by molar-refractivity contribution is 6.08. The summed E-state index contributed by atoms with van der Waals surface area (Å²) in [4.78, 5) is 2.62. The van der Waals surface area contributed by atoms with Crippen LogP contribution in [-0.4, -0.2) is 35.6 Å². The van der Waals surface area contributed by atoms with Gasteiger partial charge in [-0.15, -0.1) is 31.4 Å². The summed E-state index contributed by atoms with van der Waals surface area (Å²) in [6.45, 7) is 13.9. The summed E-state index contributed by atoms with van der Waals surface area (Å²) in [5.74, 6) is 0. The molecule has 2 aromatic carbocycles. The van der Waals surface area contributed by atoms with E-state index >= 15 is 0 Å². The van der Waals surface area contributed by atoms with Gasteiger partial charge < -0.3 is 9.88 Å². The maximum Gasteiger partial charge on any atom is 0.0491 e. The topological polar surface area (TPSA) is 20.2 Å². The van der Waals surface area contributed by atoms with Crippen LogP contribution < -0.4 is 5.32 Å². The number of piperazine rings is 1. The van der Waals surface area contributed by atoms with Gasteiger partial charge in [-0.1, -0.05) is 29.8 Å². The van der Waals surface area contributed by atoms with Gasteiger partial charge in [0.05, 0.1) is 0 Å². The molecule has 1 aromatic heterocycles. The van der Waals surface area contributed by atoms with Crippen molar-refractivity contribution in [2.75, 3.05) is 26.2 Å². The number of aromatic nitrogens is 1. The smallest absolute Gasteiger partial charge is 0.0491 e. The summed E-state index contributed by atoms with van der Waals surface area (Å²) < 4.78 is 2.42. The molecule has 0 bridgehead atoms. The van der Waals surface area contributed by atoms with Gasteiger partial charge in [0, 0.05) is 60.6 Å².